The Morgan fingerprint density at radius 2 is 1.38 bits per heavy atom. The molecule has 1 N–H and O–H groups in total. The monoisotopic (exact) mass is 269 g/mol. The van der Waals surface area contributed by atoms with Gasteiger partial charge >= 0.3 is 0 Å². The number of nitrogens with one attached hydrogen (secondary N) is 1. The minimum Gasteiger partial charge on any atom is -0.361 e. The molecule has 3 aromatic rings. The molecule has 1 aliphatic heterocycles. The number of rotatable bonds is 1. The largest absolute Gasteiger partial charge is 0.361 e. The van der Waals surface area contributed by atoms with Crippen LogP contribution in [-0.2, 0) is 0 Å². The van der Waals surface area contributed by atoms with E-state index in [9.17, 15) is 0 Å². The van der Waals surface area contributed by atoms with Crippen molar-refractivity contribution in [2.45, 2.75) is 0 Å². The molecule has 0 saturated carbocycles. The van der Waals surface area contributed by atoms with Crippen molar-refractivity contribution in [3.8, 4) is 22.3 Å². The molecule has 0 unspecified atom stereocenters. The van der Waals surface area contributed by atoms with Crippen molar-refractivity contribution >= 4 is 11.8 Å². The van der Waals surface area contributed by atoms with Crippen molar-refractivity contribution in [3.63, 3.8) is 0 Å². The summed E-state index contributed by atoms with van der Waals surface area (Å²) in [7, 11) is 0. The third kappa shape index (κ3) is 2.03. The highest BCUT2D eigenvalue weighted by Gasteiger charge is 2.15. The minimum atomic E-state index is 1.15. The van der Waals surface area contributed by atoms with Crippen LogP contribution in [-0.4, -0.2) is 0 Å². The molecule has 0 saturated heterocycles. The highest BCUT2D eigenvalue weighted by Crippen LogP contribution is 2.40. The van der Waals surface area contributed by atoms with Crippen LogP contribution in [0.4, 0.5) is 5.69 Å². The van der Waals surface area contributed by atoms with Crippen molar-refractivity contribution in [2.75, 3.05) is 5.32 Å². The lowest BCUT2D eigenvalue weighted by Crippen LogP contribution is -1.91. The molecule has 1 heterocycles. The first-order valence-electron chi connectivity index (χ1n) is 7.14. The number of hydrogen-bond acceptors (Lipinski definition) is 1. The van der Waals surface area contributed by atoms with E-state index in [-0.39, 0.29) is 0 Å². The molecular weight excluding hydrogens is 254 g/mol. The molecule has 1 heteroatoms. The van der Waals surface area contributed by atoms with Gasteiger partial charge in [0.1, 0.15) is 0 Å². The van der Waals surface area contributed by atoms with E-state index in [0.717, 1.165) is 5.69 Å². The number of benzene rings is 3. The summed E-state index contributed by atoms with van der Waals surface area (Å²) in [6.45, 7) is 0. The molecule has 0 aromatic heterocycles. The highest BCUT2D eigenvalue weighted by atomic mass is 14.8. The summed E-state index contributed by atoms with van der Waals surface area (Å²) in [5.74, 6) is 0. The van der Waals surface area contributed by atoms with Crippen LogP contribution < -0.4 is 5.32 Å². The van der Waals surface area contributed by atoms with Gasteiger partial charge in [0.05, 0.1) is 0 Å². The fourth-order valence-electron chi connectivity index (χ4n) is 2.92. The average molecular weight is 269 g/mol. The van der Waals surface area contributed by atoms with Gasteiger partial charge in [-0.2, -0.15) is 0 Å². The Morgan fingerprint density at radius 1 is 0.619 bits per heavy atom. The lowest BCUT2D eigenvalue weighted by molar-refractivity contribution is 1.56. The van der Waals surface area contributed by atoms with Crippen molar-refractivity contribution in [3.05, 3.63) is 84.6 Å². The maximum absolute atomic E-state index is 3.37. The van der Waals surface area contributed by atoms with Crippen LogP contribution in [0.1, 0.15) is 5.56 Å². The zero-order valence-electron chi connectivity index (χ0n) is 11.6. The Labute approximate surface area is 124 Å². The molecule has 0 spiro atoms. The first kappa shape index (κ1) is 12.0. The first-order valence-corrected chi connectivity index (χ1v) is 7.14. The van der Waals surface area contributed by atoms with Crippen LogP contribution in [0.5, 0.6) is 0 Å². The van der Waals surface area contributed by atoms with Crippen LogP contribution in [0.25, 0.3) is 28.3 Å². The molecule has 3 aromatic carbocycles. The van der Waals surface area contributed by atoms with Crippen LogP contribution >= 0.6 is 0 Å². The topological polar surface area (TPSA) is 12.0 Å². The summed E-state index contributed by atoms with van der Waals surface area (Å²) in [5.41, 5.74) is 7.45. The lowest BCUT2D eigenvalue weighted by atomic mass is 9.90. The molecule has 0 bridgehead atoms. The Morgan fingerprint density at radius 3 is 2.29 bits per heavy atom. The average Bonchev–Trinajstić information content (AvgIpc) is 2.75. The molecule has 21 heavy (non-hydrogen) atoms. The van der Waals surface area contributed by atoms with Gasteiger partial charge in [-0.05, 0) is 34.4 Å². The van der Waals surface area contributed by atoms with Crippen molar-refractivity contribution in [1.29, 1.82) is 0 Å². The maximum Gasteiger partial charge on any atom is 0.0459 e. The summed E-state index contributed by atoms with van der Waals surface area (Å²) in [6.07, 6.45) is 4.15. The van der Waals surface area contributed by atoms with Crippen molar-refractivity contribution in [1.82, 2.24) is 0 Å². The molecular formula is C20H15N. The fourth-order valence-corrected chi connectivity index (χ4v) is 2.92. The molecule has 0 fully saturated rings. The molecule has 0 aliphatic carbocycles. The van der Waals surface area contributed by atoms with Gasteiger partial charge in [0, 0.05) is 17.5 Å². The maximum atomic E-state index is 3.37. The predicted molar refractivity (Wildman–Crippen MR) is 90.0 cm³/mol. The standard InChI is InChI=1S/C20H15N/c1-2-7-15(8-3-1)17-11-6-9-16-13-14-21-19-12-5-4-10-18(19)20(16)17/h1-14,21H. The van der Waals surface area contributed by atoms with E-state index in [1.807, 2.05) is 6.20 Å². The van der Waals surface area contributed by atoms with Crippen LogP contribution in [0.2, 0.25) is 0 Å². The van der Waals surface area contributed by atoms with Crippen LogP contribution in [0.15, 0.2) is 79.0 Å². The number of hydrogen-bond donors (Lipinski definition) is 1. The second-order valence-electron chi connectivity index (χ2n) is 5.16. The van der Waals surface area contributed by atoms with Gasteiger partial charge in [0.2, 0.25) is 0 Å². The molecule has 4 rings (SSSR count). The van der Waals surface area contributed by atoms with Crippen molar-refractivity contribution in [2.24, 2.45) is 0 Å². The Kier molecular flexibility index (Phi) is 2.82. The van der Waals surface area contributed by atoms with E-state index < -0.39 is 0 Å². The van der Waals surface area contributed by atoms with Gasteiger partial charge in [0.25, 0.3) is 0 Å². The second-order valence-corrected chi connectivity index (χ2v) is 5.16. The quantitative estimate of drug-likeness (QED) is 0.622. The second kappa shape index (κ2) is 4.95. The Bertz CT molecular complexity index is 816. The van der Waals surface area contributed by atoms with E-state index in [1.165, 1.54) is 27.8 Å². The van der Waals surface area contributed by atoms with Gasteiger partial charge in [-0.3, -0.25) is 0 Å². The van der Waals surface area contributed by atoms with E-state index >= 15 is 0 Å². The molecule has 100 valence electrons. The van der Waals surface area contributed by atoms with Gasteiger partial charge in [0.15, 0.2) is 0 Å². The molecule has 1 aliphatic rings. The summed E-state index contributed by atoms with van der Waals surface area (Å²) < 4.78 is 0. The van der Waals surface area contributed by atoms with Gasteiger partial charge < -0.3 is 5.32 Å². The molecule has 1 nitrogen and oxygen atoms in total. The van der Waals surface area contributed by atoms with E-state index in [1.54, 1.807) is 0 Å². The molecule has 0 atom stereocenters. The number of anilines is 1. The van der Waals surface area contributed by atoms with Gasteiger partial charge in [-0.15, -0.1) is 0 Å². The summed E-state index contributed by atoms with van der Waals surface area (Å²) >= 11 is 0. The van der Waals surface area contributed by atoms with Crippen molar-refractivity contribution < 1.29 is 0 Å². The molecule has 0 radical (unpaired) electrons. The Hall–Kier alpha value is -2.80. The third-order valence-corrected chi connectivity index (χ3v) is 3.88. The smallest absolute Gasteiger partial charge is 0.0459 e. The van der Waals surface area contributed by atoms with E-state index in [2.05, 4.69) is 84.2 Å². The predicted octanol–water partition coefficient (Wildman–Crippen LogP) is 5.42. The Balaban J connectivity index is 2.05. The highest BCUT2D eigenvalue weighted by molar-refractivity contribution is 5.95. The lowest BCUT2D eigenvalue weighted by Gasteiger charge is -2.14. The van der Waals surface area contributed by atoms with Gasteiger partial charge in [-0.25, -0.2) is 0 Å². The zero-order chi connectivity index (χ0) is 14.1. The van der Waals surface area contributed by atoms with E-state index in [4.69, 9.17) is 0 Å². The minimum absolute atomic E-state index is 1.15. The summed E-state index contributed by atoms with van der Waals surface area (Å²) in [4.78, 5) is 0. The van der Waals surface area contributed by atoms with Crippen LogP contribution in [0, 0.1) is 0 Å². The van der Waals surface area contributed by atoms with Crippen LogP contribution in [0.3, 0.4) is 0 Å². The SMILES string of the molecule is C1=Cc2cccc(-c3ccccc3)c2-c2ccccc2N1. The number of fused-ring (bicyclic) bond motifs is 3. The summed E-state index contributed by atoms with van der Waals surface area (Å²) in [6, 6.07) is 25.5. The van der Waals surface area contributed by atoms with Gasteiger partial charge in [-0.1, -0.05) is 66.7 Å². The third-order valence-electron chi connectivity index (χ3n) is 3.88. The van der Waals surface area contributed by atoms with E-state index in [0.29, 0.717) is 0 Å². The number of para-hydroxylation sites is 1. The zero-order valence-corrected chi connectivity index (χ0v) is 11.6. The normalized spacial score (nSPS) is 12.0. The molecule has 0 amide bonds. The fraction of sp³-hybridized carbons (Fsp3) is 0. The summed E-state index contributed by atoms with van der Waals surface area (Å²) in [5, 5.41) is 3.37. The first-order chi connectivity index (χ1) is 10.4.